The van der Waals surface area contributed by atoms with Crippen LogP contribution in [0.15, 0.2) is 69.0 Å². The Morgan fingerprint density at radius 1 is 0.854 bits per heavy atom. The van der Waals surface area contributed by atoms with E-state index in [1.807, 2.05) is 33.0 Å². The number of halogens is 2. The summed E-state index contributed by atoms with van der Waals surface area (Å²) >= 11 is 6.59. The summed E-state index contributed by atoms with van der Waals surface area (Å²) in [6, 6.07) is 11.8. The molecule has 0 fully saturated rings. The van der Waals surface area contributed by atoms with Crippen LogP contribution in [0.2, 0.25) is 0 Å². The number of benzene rings is 1. The Bertz CT molecular complexity index is 1420. The molecule has 0 saturated carbocycles. The third-order valence-electron chi connectivity index (χ3n) is 5.06. The number of ether oxygens (including phenoxy) is 2. The quantitative estimate of drug-likeness (QED) is 0.294. The fourth-order valence-corrected chi connectivity index (χ4v) is 5.96. The topological polar surface area (TPSA) is 114 Å². The number of aromatic nitrogens is 2. The van der Waals surface area contributed by atoms with E-state index in [0.717, 1.165) is 14.1 Å². The molecule has 2 heterocycles. The van der Waals surface area contributed by atoms with Gasteiger partial charge in [-0.25, -0.2) is 22.0 Å². The Hall–Kier alpha value is -2.77. The number of nitrogens with one attached hydrogen (secondary N) is 1. The summed E-state index contributed by atoms with van der Waals surface area (Å²) in [4.78, 5) is 29.8. The number of carbonyl (C=O) groups excluding carboxylic acids is 2. The summed E-state index contributed by atoms with van der Waals surface area (Å²) < 4.78 is 38.4. The van der Waals surface area contributed by atoms with Crippen molar-refractivity contribution in [3.63, 3.8) is 0 Å². The van der Waals surface area contributed by atoms with Crippen LogP contribution in [-0.2, 0) is 32.6 Å². The maximum Gasteiger partial charge on any atom is 0.410 e. The highest BCUT2D eigenvalue weighted by atomic mass is 79.9. The molecule has 0 bridgehead atoms. The largest absolute Gasteiger partial charge is 0.444 e. The second kappa shape index (κ2) is 13.9. The molecule has 0 saturated heterocycles. The van der Waals surface area contributed by atoms with Crippen molar-refractivity contribution in [1.82, 2.24) is 18.8 Å². The van der Waals surface area contributed by atoms with Crippen molar-refractivity contribution in [2.24, 2.45) is 0 Å². The first-order chi connectivity index (χ1) is 18.8. The maximum atomic E-state index is 12.7. The summed E-state index contributed by atoms with van der Waals surface area (Å²) in [5.41, 5.74) is 0.651. The molecule has 0 aliphatic rings. The Kier molecular flexibility index (Phi) is 11.7. The first-order valence-electron chi connectivity index (χ1n) is 12.7. The van der Waals surface area contributed by atoms with E-state index in [4.69, 9.17) is 9.47 Å². The highest BCUT2D eigenvalue weighted by Gasteiger charge is 2.23. The monoisotopic (exact) mass is 716 g/mol. The van der Waals surface area contributed by atoms with E-state index in [1.165, 1.54) is 23.2 Å². The molecule has 3 aromatic rings. The minimum Gasteiger partial charge on any atom is -0.444 e. The summed E-state index contributed by atoms with van der Waals surface area (Å²) in [7, 11) is -0.379. The second-order valence-electron chi connectivity index (χ2n) is 11.3. The molecular weight excluding hydrogens is 680 g/mol. The van der Waals surface area contributed by atoms with Gasteiger partial charge in [0.15, 0.2) is 0 Å². The summed E-state index contributed by atoms with van der Waals surface area (Å²) in [6.07, 6.45) is 2.56. The number of amides is 2. The molecule has 0 aliphatic heterocycles. The van der Waals surface area contributed by atoms with Gasteiger partial charge in [0.05, 0.1) is 22.6 Å². The van der Waals surface area contributed by atoms with E-state index in [0.29, 0.717) is 16.7 Å². The van der Waals surface area contributed by atoms with Gasteiger partial charge < -0.3 is 24.3 Å². The average Bonchev–Trinajstić information content (AvgIpc) is 3.42. The van der Waals surface area contributed by atoms with Gasteiger partial charge in [-0.2, -0.15) is 0 Å². The van der Waals surface area contributed by atoms with Crippen LogP contribution in [0.1, 0.15) is 52.7 Å². The first kappa shape index (κ1) is 34.4. The van der Waals surface area contributed by atoms with Gasteiger partial charge in [-0.15, -0.1) is 0 Å². The van der Waals surface area contributed by atoms with Crippen molar-refractivity contribution < 1.29 is 27.5 Å². The Morgan fingerprint density at radius 3 is 1.78 bits per heavy atom. The molecule has 226 valence electrons. The SMILES string of the molecule is CN(Cc1c[nH]c(Br)c1)C(=O)OC(C)(C)C.CN(Cc1cc(Br)n(S(=O)(=O)c2ccccc2)c1)C(=O)OC(C)(C)C. The molecule has 10 nitrogen and oxygen atoms in total. The van der Waals surface area contributed by atoms with Gasteiger partial charge in [-0.3, -0.25) is 0 Å². The lowest BCUT2D eigenvalue weighted by molar-refractivity contribution is 0.0275. The molecule has 0 atom stereocenters. The van der Waals surface area contributed by atoms with Crippen molar-refractivity contribution in [2.75, 3.05) is 14.1 Å². The van der Waals surface area contributed by atoms with E-state index < -0.39 is 27.3 Å². The standard InChI is InChI=1S/C17H21BrN2O4S.C11H17BrN2O2/c1-17(2,3)24-16(21)19(4)11-13-10-15(18)20(12-13)25(22,23)14-8-6-5-7-9-14;1-11(2,3)16-10(15)14(4)7-8-5-9(12)13-6-8/h5-10,12H,11H2,1-4H3;5-6,13H,7H2,1-4H3. The summed E-state index contributed by atoms with van der Waals surface area (Å²) in [5.74, 6) is 0. The number of hydrogen-bond donors (Lipinski definition) is 1. The van der Waals surface area contributed by atoms with E-state index in [-0.39, 0.29) is 17.5 Å². The molecule has 1 aromatic carbocycles. The average molecular weight is 719 g/mol. The maximum absolute atomic E-state index is 12.7. The second-order valence-corrected chi connectivity index (χ2v) is 14.8. The zero-order chi connectivity index (χ0) is 31.2. The van der Waals surface area contributed by atoms with E-state index in [9.17, 15) is 18.0 Å². The smallest absolute Gasteiger partial charge is 0.410 e. The molecule has 1 N–H and O–H groups in total. The summed E-state index contributed by atoms with van der Waals surface area (Å²) in [5, 5.41) is 0. The highest BCUT2D eigenvalue weighted by molar-refractivity contribution is 9.10. The fraction of sp³-hybridized carbons (Fsp3) is 0.429. The van der Waals surface area contributed by atoms with Gasteiger partial charge in [0.25, 0.3) is 10.0 Å². The van der Waals surface area contributed by atoms with Crippen LogP contribution in [0.4, 0.5) is 9.59 Å². The van der Waals surface area contributed by atoms with Gasteiger partial charge >= 0.3 is 12.2 Å². The molecule has 3 rings (SSSR count). The fourth-order valence-electron chi connectivity index (χ4n) is 3.30. The lowest BCUT2D eigenvalue weighted by Crippen LogP contribution is -2.33. The number of rotatable bonds is 6. The molecule has 0 aliphatic carbocycles. The Morgan fingerprint density at radius 2 is 1.34 bits per heavy atom. The third kappa shape index (κ3) is 11.2. The number of nitrogens with zero attached hydrogens (tertiary/aromatic N) is 3. The number of H-pyrrole nitrogens is 1. The van der Waals surface area contributed by atoms with Gasteiger partial charge in [0.2, 0.25) is 0 Å². The minimum absolute atomic E-state index is 0.193. The predicted octanol–water partition coefficient (Wildman–Crippen LogP) is 7.00. The lowest BCUT2D eigenvalue weighted by Gasteiger charge is -2.24. The highest BCUT2D eigenvalue weighted by Crippen LogP contribution is 2.23. The normalized spacial score (nSPS) is 11.8. The van der Waals surface area contributed by atoms with Crippen molar-refractivity contribution >= 4 is 54.1 Å². The van der Waals surface area contributed by atoms with Crippen LogP contribution in [0.25, 0.3) is 0 Å². The molecule has 13 heteroatoms. The zero-order valence-electron chi connectivity index (χ0n) is 24.6. The number of hydrogen-bond acceptors (Lipinski definition) is 6. The molecular formula is C28H38Br2N4O6S. The first-order valence-corrected chi connectivity index (χ1v) is 15.7. The van der Waals surface area contributed by atoms with Crippen LogP contribution in [-0.4, -0.2) is 64.7 Å². The molecule has 0 radical (unpaired) electrons. The van der Waals surface area contributed by atoms with Gasteiger partial charge in [0, 0.05) is 26.5 Å². The molecule has 2 aromatic heterocycles. The Balaban J connectivity index is 0.000000317. The van der Waals surface area contributed by atoms with Gasteiger partial charge in [0.1, 0.15) is 15.8 Å². The Labute approximate surface area is 259 Å². The van der Waals surface area contributed by atoms with E-state index in [1.54, 1.807) is 64.0 Å². The summed E-state index contributed by atoms with van der Waals surface area (Å²) in [6.45, 7) is 11.7. The third-order valence-corrected chi connectivity index (χ3v) is 8.05. The zero-order valence-corrected chi connectivity index (χ0v) is 28.6. The van der Waals surface area contributed by atoms with Crippen molar-refractivity contribution in [3.8, 4) is 0 Å². The number of aromatic amines is 1. The molecule has 2 amide bonds. The molecule has 0 spiro atoms. The van der Waals surface area contributed by atoms with E-state index >= 15 is 0 Å². The van der Waals surface area contributed by atoms with Crippen LogP contribution in [0.5, 0.6) is 0 Å². The van der Waals surface area contributed by atoms with Crippen LogP contribution < -0.4 is 0 Å². The number of carbonyl (C=O) groups is 2. The molecule has 0 unspecified atom stereocenters. The predicted molar refractivity (Wildman–Crippen MR) is 165 cm³/mol. The molecule has 41 heavy (non-hydrogen) atoms. The van der Waals surface area contributed by atoms with Crippen molar-refractivity contribution in [2.45, 2.75) is 70.7 Å². The minimum atomic E-state index is -3.70. The van der Waals surface area contributed by atoms with Crippen LogP contribution in [0.3, 0.4) is 0 Å². The van der Waals surface area contributed by atoms with Gasteiger partial charge in [-0.1, -0.05) is 18.2 Å². The van der Waals surface area contributed by atoms with Crippen molar-refractivity contribution in [3.05, 3.63) is 75.2 Å². The van der Waals surface area contributed by atoms with Crippen molar-refractivity contribution in [1.29, 1.82) is 0 Å². The van der Waals surface area contributed by atoms with E-state index in [2.05, 4.69) is 36.8 Å². The van der Waals surface area contributed by atoms with Crippen LogP contribution in [0, 0.1) is 0 Å². The lowest BCUT2D eigenvalue weighted by atomic mass is 10.2. The van der Waals surface area contributed by atoms with Crippen LogP contribution >= 0.6 is 31.9 Å². The van der Waals surface area contributed by atoms with Gasteiger partial charge in [-0.05, 0) is 109 Å².